The summed E-state index contributed by atoms with van der Waals surface area (Å²) in [4.78, 5) is 12.4. The normalized spacial score (nSPS) is 10.7. The van der Waals surface area contributed by atoms with Gasteiger partial charge in [0.25, 0.3) is 0 Å². The highest BCUT2D eigenvalue weighted by Crippen LogP contribution is 2.24. The highest BCUT2D eigenvalue weighted by molar-refractivity contribution is 5.93. The van der Waals surface area contributed by atoms with Gasteiger partial charge in [-0.25, -0.2) is 0 Å². The van der Waals surface area contributed by atoms with Crippen molar-refractivity contribution in [3.05, 3.63) is 90.0 Å². The van der Waals surface area contributed by atoms with Gasteiger partial charge in [-0.2, -0.15) is 0 Å². The van der Waals surface area contributed by atoms with E-state index in [-0.39, 0.29) is 5.91 Å². The molecule has 0 saturated heterocycles. The number of anilines is 1. The number of hydrogen-bond acceptors (Lipinski definition) is 1. The van der Waals surface area contributed by atoms with Crippen molar-refractivity contribution in [1.82, 2.24) is 0 Å². The van der Waals surface area contributed by atoms with Gasteiger partial charge in [0.05, 0.1) is 6.42 Å². The molecular weight excluding hydrogens is 306 g/mol. The lowest BCUT2D eigenvalue weighted by Gasteiger charge is -2.13. The zero-order valence-corrected chi connectivity index (χ0v) is 14.7. The standard InChI is InChI=1S/C23H23NO/c1-17(2)21-10-6-7-11-22(21)24-23(25)16-18-12-14-20(15-13-18)19-8-4-3-5-9-19/h3-15,17H,16H2,1-2H3,(H,24,25). The Morgan fingerprint density at radius 2 is 1.40 bits per heavy atom. The lowest BCUT2D eigenvalue weighted by Crippen LogP contribution is -2.15. The molecule has 0 aliphatic heterocycles. The molecule has 1 amide bonds. The molecule has 0 aliphatic carbocycles. The van der Waals surface area contributed by atoms with E-state index in [1.165, 1.54) is 5.56 Å². The second kappa shape index (κ2) is 7.80. The fourth-order valence-electron chi connectivity index (χ4n) is 2.94. The van der Waals surface area contributed by atoms with Gasteiger partial charge in [0.1, 0.15) is 0 Å². The highest BCUT2D eigenvalue weighted by atomic mass is 16.1. The van der Waals surface area contributed by atoms with Crippen LogP contribution in [-0.4, -0.2) is 5.91 Å². The predicted molar refractivity (Wildman–Crippen MR) is 105 cm³/mol. The maximum atomic E-state index is 12.4. The van der Waals surface area contributed by atoms with E-state index in [0.29, 0.717) is 12.3 Å². The van der Waals surface area contributed by atoms with Crippen molar-refractivity contribution in [2.45, 2.75) is 26.2 Å². The SMILES string of the molecule is CC(C)c1ccccc1NC(=O)Cc1ccc(-c2ccccc2)cc1. The van der Waals surface area contributed by atoms with E-state index in [1.807, 2.05) is 48.5 Å². The van der Waals surface area contributed by atoms with E-state index in [2.05, 4.69) is 49.5 Å². The van der Waals surface area contributed by atoms with E-state index < -0.39 is 0 Å². The molecule has 0 spiro atoms. The maximum Gasteiger partial charge on any atom is 0.228 e. The minimum Gasteiger partial charge on any atom is -0.326 e. The van der Waals surface area contributed by atoms with Crippen LogP contribution in [0.4, 0.5) is 5.69 Å². The number of hydrogen-bond donors (Lipinski definition) is 1. The predicted octanol–water partition coefficient (Wildman–Crippen LogP) is 5.66. The molecular formula is C23H23NO. The molecule has 1 N–H and O–H groups in total. The van der Waals surface area contributed by atoms with Crippen LogP contribution in [0.2, 0.25) is 0 Å². The summed E-state index contributed by atoms with van der Waals surface area (Å²) in [5, 5.41) is 3.05. The van der Waals surface area contributed by atoms with E-state index >= 15 is 0 Å². The summed E-state index contributed by atoms with van der Waals surface area (Å²) < 4.78 is 0. The van der Waals surface area contributed by atoms with Crippen molar-refractivity contribution in [2.75, 3.05) is 5.32 Å². The van der Waals surface area contributed by atoms with E-state index in [0.717, 1.165) is 22.4 Å². The lowest BCUT2D eigenvalue weighted by atomic mass is 10.0. The van der Waals surface area contributed by atoms with Gasteiger partial charge in [0.15, 0.2) is 0 Å². The number of rotatable bonds is 5. The smallest absolute Gasteiger partial charge is 0.228 e. The molecule has 0 bridgehead atoms. The molecule has 0 aliphatic rings. The number of carbonyl (C=O) groups is 1. The first-order chi connectivity index (χ1) is 12.1. The maximum absolute atomic E-state index is 12.4. The van der Waals surface area contributed by atoms with Crippen LogP contribution in [0.3, 0.4) is 0 Å². The van der Waals surface area contributed by atoms with Crippen LogP contribution in [0.1, 0.15) is 30.9 Å². The average Bonchev–Trinajstić information content (AvgIpc) is 2.63. The molecule has 2 nitrogen and oxygen atoms in total. The van der Waals surface area contributed by atoms with Gasteiger partial charge in [0.2, 0.25) is 5.91 Å². The third-order valence-corrected chi connectivity index (χ3v) is 4.28. The van der Waals surface area contributed by atoms with Gasteiger partial charge >= 0.3 is 0 Å². The number of benzene rings is 3. The monoisotopic (exact) mass is 329 g/mol. The Labute approximate surface area is 149 Å². The number of nitrogens with one attached hydrogen (secondary N) is 1. The Bertz CT molecular complexity index is 835. The van der Waals surface area contributed by atoms with Crippen molar-refractivity contribution in [1.29, 1.82) is 0 Å². The van der Waals surface area contributed by atoms with E-state index in [1.54, 1.807) is 0 Å². The summed E-state index contributed by atoms with van der Waals surface area (Å²) in [6.45, 7) is 4.26. The summed E-state index contributed by atoms with van der Waals surface area (Å²) in [6, 6.07) is 26.4. The minimum atomic E-state index is 0.0144. The van der Waals surface area contributed by atoms with Gasteiger partial charge in [-0.1, -0.05) is 86.6 Å². The molecule has 25 heavy (non-hydrogen) atoms. The summed E-state index contributed by atoms with van der Waals surface area (Å²) in [7, 11) is 0. The van der Waals surface area contributed by atoms with E-state index in [9.17, 15) is 4.79 Å². The molecule has 3 rings (SSSR count). The van der Waals surface area contributed by atoms with Gasteiger partial charge in [-0.05, 0) is 34.2 Å². The fraction of sp³-hybridized carbons (Fsp3) is 0.174. The molecule has 0 aromatic heterocycles. The molecule has 3 aromatic rings. The Kier molecular flexibility index (Phi) is 5.30. The molecule has 0 fully saturated rings. The van der Waals surface area contributed by atoms with Crippen molar-refractivity contribution in [2.24, 2.45) is 0 Å². The summed E-state index contributed by atoms with van der Waals surface area (Å²) >= 11 is 0. The Hall–Kier alpha value is -2.87. The first kappa shape index (κ1) is 17.0. The van der Waals surface area contributed by atoms with E-state index in [4.69, 9.17) is 0 Å². The third kappa shape index (κ3) is 4.36. The summed E-state index contributed by atoms with van der Waals surface area (Å²) in [6.07, 6.45) is 0.376. The zero-order chi connectivity index (χ0) is 17.6. The minimum absolute atomic E-state index is 0.0144. The molecule has 0 heterocycles. The van der Waals surface area contributed by atoms with Crippen LogP contribution in [0.5, 0.6) is 0 Å². The van der Waals surface area contributed by atoms with Crippen LogP contribution < -0.4 is 5.32 Å². The second-order valence-corrected chi connectivity index (χ2v) is 6.53. The number of para-hydroxylation sites is 1. The molecule has 0 unspecified atom stereocenters. The van der Waals surface area contributed by atoms with Crippen molar-refractivity contribution in [3.8, 4) is 11.1 Å². The molecule has 126 valence electrons. The Morgan fingerprint density at radius 3 is 2.08 bits per heavy atom. The van der Waals surface area contributed by atoms with Crippen molar-refractivity contribution < 1.29 is 4.79 Å². The third-order valence-electron chi connectivity index (χ3n) is 4.28. The Balaban J connectivity index is 1.68. The van der Waals surface area contributed by atoms with Crippen LogP contribution in [0.25, 0.3) is 11.1 Å². The largest absolute Gasteiger partial charge is 0.326 e. The Morgan fingerprint density at radius 1 is 0.800 bits per heavy atom. The molecule has 3 aromatic carbocycles. The van der Waals surface area contributed by atoms with Crippen LogP contribution in [0, 0.1) is 0 Å². The topological polar surface area (TPSA) is 29.1 Å². The van der Waals surface area contributed by atoms with Crippen molar-refractivity contribution >= 4 is 11.6 Å². The first-order valence-corrected chi connectivity index (χ1v) is 8.66. The number of carbonyl (C=O) groups excluding carboxylic acids is 1. The average molecular weight is 329 g/mol. The highest BCUT2D eigenvalue weighted by Gasteiger charge is 2.10. The summed E-state index contributed by atoms with van der Waals surface area (Å²) in [5.41, 5.74) is 5.43. The second-order valence-electron chi connectivity index (χ2n) is 6.53. The van der Waals surface area contributed by atoms with Gasteiger partial charge in [-0.3, -0.25) is 4.79 Å². The van der Waals surface area contributed by atoms with Crippen LogP contribution in [0.15, 0.2) is 78.9 Å². The van der Waals surface area contributed by atoms with Crippen LogP contribution in [-0.2, 0) is 11.2 Å². The van der Waals surface area contributed by atoms with Gasteiger partial charge in [0, 0.05) is 5.69 Å². The molecule has 0 radical (unpaired) electrons. The molecule has 2 heteroatoms. The number of amides is 1. The lowest BCUT2D eigenvalue weighted by molar-refractivity contribution is -0.115. The fourth-order valence-corrected chi connectivity index (χ4v) is 2.94. The molecule has 0 saturated carbocycles. The quantitative estimate of drug-likeness (QED) is 0.643. The van der Waals surface area contributed by atoms with Crippen LogP contribution >= 0.6 is 0 Å². The first-order valence-electron chi connectivity index (χ1n) is 8.66. The van der Waals surface area contributed by atoms with Gasteiger partial charge in [-0.15, -0.1) is 0 Å². The molecule has 0 atom stereocenters. The van der Waals surface area contributed by atoms with Gasteiger partial charge < -0.3 is 5.32 Å². The van der Waals surface area contributed by atoms with Crippen molar-refractivity contribution in [3.63, 3.8) is 0 Å². The zero-order valence-electron chi connectivity index (χ0n) is 14.7. The summed E-state index contributed by atoms with van der Waals surface area (Å²) in [5.74, 6) is 0.391.